The molecule has 14 nitrogen and oxygen atoms in total. The lowest BCUT2D eigenvalue weighted by Gasteiger charge is -2.34. The van der Waals surface area contributed by atoms with Gasteiger partial charge in [-0.3, -0.25) is 18.9 Å². The van der Waals surface area contributed by atoms with Crippen LogP contribution in [0.25, 0.3) is 16.7 Å². The molecule has 3 aliphatic heterocycles. The molecule has 5 rings (SSSR count). The number of aliphatic carboxylic acids is 1. The number of unbranched alkanes of at least 4 members (excludes halogenated alkanes) is 3. The number of fused-ring (bicyclic) bond motifs is 4. The summed E-state index contributed by atoms with van der Waals surface area (Å²) >= 11 is 0. The van der Waals surface area contributed by atoms with Gasteiger partial charge in [0.2, 0.25) is 5.91 Å². The highest BCUT2D eigenvalue weighted by molar-refractivity contribution is 7.86. The third-order valence-corrected chi connectivity index (χ3v) is 10.5. The Hall–Kier alpha value is -4.61. The topological polar surface area (TPSA) is 235 Å². The number of anilines is 1. The first-order valence-corrected chi connectivity index (χ1v) is 21.5. The molecule has 2 aromatic carbocycles. The summed E-state index contributed by atoms with van der Waals surface area (Å²) in [5, 5.41) is 17.1. The van der Waals surface area contributed by atoms with Crippen molar-refractivity contribution in [1.82, 2.24) is 5.32 Å². The largest absolute Gasteiger partial charge is 0.478 e. The number of carboxylic acids is 1. The van der Waals surface area contributed by atoms with Crippen LogP contribution in [-0.2, 0) is 29.8 Å². The zero-order chi connectivity index (χ0) is 41.8. The van der Waals surface area contributed by atoms with Crippen LogP contribution in [0.5, 0.6) is 11.5 Å². The third kappa shape index (κ3) is 11.3. The van der Waals surface area contributed by atoms with Crippen LogP contribution in [0.15, 0.2) is 64.7 Å². The second-order valence-corrected chi connectivity index (χ2v) is 17.9. The Morgan fingerprint density at radius 2 is 1.48 bits per heavy atom. The van der Waals surface area contributed by atoms with E-state index in [0.29, 0.717) is 66.7 Å². The van der Waals surface area contributed by atoms with Crippen molar-refractivity contribution in [1.29, 1.82) is 0 Å². The summed E-state index contributed by atoms with van der Waals surface area (Å²) in [6.07, 6.45) is 11.0. The van der Waals surface area contributed by atoms with Crippen LogP contribution in [0.4, 0.5) is 5.69 Å². The zero-order valence-electron chi connectivity index (χ0n) is 32.8. The van der Waals surface area contributed by atoms with Crippen LogP contribution < -0.4 is 31.7 Å². The first-order valence-electron chi connectivity index (χ1n) is 18.3. The molecule has 1 amide bonds. The van der Waals surface area contributed by atoms with Gasteiger partial charge in [-0.1, -0.05) is 37.1 Å². The van der Waals surface area contributed by atoms with Gasteiger partial charge in [0.1, 0.15) is 23.0 Å². The van der Waals surface area contributed by atoms with E-state index in [4.69, 9.17) is 15.5 Å². The Bertz CT molecular complexity index is 2390. The normalized spacial score (nSPS) is 16.8. The number of nitrogens with two attached hydrogens (primary N) is 1. The number of allylic oxidation sites excluding steroid dienone is 2. The molecule has 0 bridgehead atoms. The third-order valence-electron chi connectivity index (χ3n) is 9.14. The monoisotopic (exact) mass is 812 g/mol. The lowest BCUT2D eigenvalue weighted by Crippen LogP contribution is -2.33. The Morgan fingerprint density at radius 3 is 2.04 bits per heavy atom. The molecule has 304 valence electrons. The number of carbonyl (C=O) groups is 2. The molecule has 0 aliphatic carbocycles. The fraction of sp³-hybridized carbons (Fsp3) is 0.425. The molecule has 3 heterocycles. The molecule has 0 saturated heterocycles. The van der Waals surface area contributed by atoms with Crippen molar-refractivity contribution in [2.45, 2.75) is 85.2 Å². The molecule has 3 aliphatic rings. The van der Waals surface area contributed by atoms with Crippen molar-refractivity contribution < 1.29 is 45.4 Å². The summed E-state index contributed by atoms with van der Waals surface area (Å²) in [4.78, 5) is 27.6. The standard InChI is InChI=1S/C32H34N2O9S2.C8H18N2O/c1-7-19(20(8-2)30(35)36)29-23-9-21-17(15-44(37,38)39)13-31(3,4)33-25(21)11-27(23)43-28-12-26-22(10-24(28)29)18(16-45(40,41)42)14-32(5,6)34-26;1-8(11)10-7-5-3-2-4-6-9/h7-14,33H,15-16H2,1-6H3,(H,35,36)(H,37,38,39)(H,40,41,42);2-7,9H2,1H3,(H,10,11)/b19-7+,20-8+;. The van der Waals surface area contributed by atoms with E-state index in [-0.39, 0.29) is 11.5 Å². The van der Waals surface area contributed by atoms with Gasteiger partial charge in [-0.05, 0) is 89.8 Å². The molecule has 0 aromatic heterocycles. The molecule has 0 saturated carbocycles. The van der Waals surface area contributed by atoms with Crippen molar-refractivity contribution in [2.24, 2.45) is 10.7 Å². The first kappa shape index (κ1) is 44.1. The predicted octanol–water partition coefficient (Wildman–Crippen LogP) is 4.77. The zero-order valence-corrected chi connectivity index (χ0v) is 34.4. The number of rotatable bonds is 13. The van der Waals surface area contributed by atoms with E-state index < -0.39 is 48.8 Å². The van der Waals surface area contributed by atoms with Crippen LogP contribution in [-0.4, -0.2) is 78.6 Å². The number of hydrogen-bond donors (Lipinski definition) is 6. The SMILES string of the molecule is C/C=C(C1=c2cc3c(cc2Oc2cc4c(cc21)C(CS(=O)(=O)O)=CC(C)(C)N4)=NC(C)(C)C=C3CS(=O)(=O)O)\C(=C/C)C(=O)O.CC(=O)NCCCCCCN. The van der Waals surface area contributed by atoms with Crippen molar-refractivity contribution >= 4 is 54.5 Å². The van der Waals surface area contributed by atoms with Gasteiger partial charge < -0.3 is 26.2 Å². The van der Waals surface area contributed by atoms with Crippen LogP contribution in [0.2, 0.25) is 0 Å². The second kappa shape index (κ2) is 17.3. The Morgan fingerprint density at radius 1 is 0.857 bits per heavy atom. The number of ether oxygens (including phenoxy) is 1. The maximum Gasteiger partial charge on any atom is 0.335 e. The summed E-state index contributed by atoms with van der Waals surface area (Å²) < 4.78 is 74.0. The van der Waals surface area contributed by atoms with Crippen LogP contribution in [0.1, 0.15) is 90.8 Å². The fourth-order valence-electron chi connectivity index (χ4n) is 7.07. The number of nitrogens with one attached hydrogen (secondary N) is 2. The van der Waals surface area contributed by atoms with Gasteiger partial charge in [-0.25, -0.2) is 4.79 Å². The van der Waals surface area contributed by atoms with E-state index in [1.807, 2.05) is 13.8 Å². The van der Waals surface area contributed by atoms with E-state index >= 15 is 0 Å². The molecule has 16 heteroatoms. The van der Waals surface area contributed by atoms with Gasteiger partial charge in [0, 0.05) is 58.8 Å². The number of benzene rings is 2. The van der Waals surface area contributed by atoms with Crippen LogP contribution in [0, 0.1) is 0 Å². The smallest absolute Gasteiger partial charge is 0.335 e. The Kier molecular flexibility index (Phi) is 13.6. The van der Waals surface area contributed by atoms with Gasteiger partial charge in [0.15, 0.2) is 0 Å². The van der Waals surface area contributed by atoms with Crippen molar-refractivity contribution in [3.8, 4) is 11.5 Å². The Balaban J connectivity index is 0.000000552. The first-order chi connectivity index (χ1) is 26.0. The van der Waals surface area contributed by atoms with Gasteiger partial charge in [-0.2, -0.15) is 16.8 Å². The van der Waals surface area contributed by atoms with E-state index in [0.717, 1.165) is 32.4 Å². The van der Waals surface area contributed by atoms with Crippen LogP contribution in [0.3, 0.4) is 0 Å². The predicted molar refractivity (Wildman–Crippen MR) is 218 cm³/mol. The molecule has 0 atom stereocenters. The summed E-state index contributed by atoms with van der Waals surface area (Å²) in [6.45, 7) is 13.7. The summed E-state index contributed by atoms with van der Waals surface area (Å²) in [6, 6.07) is 6.74. The lowest BCUT2D eigenvalue weighted by molar-refractivity contribution is -0.132. The van der Waals surface area contributed by atoms with Gasteiger partial charge in [0.25, 0.3) is 20.2 Å². The number of amides is 1. The highest BCUT2D eigenvalue weighted by Gasteiger charge is 2.33. The quantitative estimate of drug-likeness (QED) is 0.0695. The minimum Gasteiger partial charge on any atom is -0.478 e. The average Bonchev–Trinajstić information content (AvgIpc) is 3.04. The van der Waals surface area contributed by atoms with E-state index in [9.17, 15) is 40.6 Å². The molecule has 0 unspecified atom stereocenters. The van der Waals surface area contributed by atoms with Gasteiger partial charge >= 0.3 is 5.97 Å². The van der Waals surface area contributed by atoms with E-state index in [1.165, 1.54) is 12.5 Å². The van der Waals surface area contributed by atoms with Gasteiger partial charge in [-0.15, -0.1) is 0 Å². The highest BCUT2D eigenvalue weighted by Crippen LogP contribution is 2.45. The van der Waals surface area contributed by atoms with Crippen LogP contribution >= 0.6 is 0 Å². The maximum atomic E-state index is 12.4. The molecule has 2 aromatic rings. The summed E-state index contributed by atoms with van der Waals surface area (Å²) in [5.74, 6) is -1.72. The molecular weight excluding hydrogens is 761 g/mol. The number of nitrogens with zero attached hydrogens (tertiary/aromatic N) is 1. The van der Waals surface area contributed by atoms with Crippen molar-refractivity contribution in [3.63, 3.8) is 0 Å². The molecular formula is C40H52N4O10S2. The lowest BCUT2D eigenvalue weighted by atomic mass is 9.83. The summed E-state index contributed by atoms with van der Waals surface area (Å²) in [5.41, 5.74) is 7.22. The minimum atomic E-state index is -4.42. The molecule has 0 fully saturated rings. The average molecular weight is 813 g/mol. The minimum absolute atomic E-state index is 0.00535. The molecule has 0 spiro atoms. The van der Waals surface area contributed by atoms with Crippen molar-refractivity contribution in [2.75, 3.05) is 29.9 Å². The number of carbonyl (C=O) groups excluding carboxylic acids is 1. The second-order valence-electron chi connectivity index (χ2n) is 15.0. The van der Waals surface area contributed by atoms with E-state index in [1.54, 1.807) is 77.1 Å². The number of carboxylic acid groups (broad SMARTS) is 1. The molecule has 0 radical (unpaired) electrons. The maximum absolute atomic E-state index is 12.4. The van der Waals surface area contributed by atoms with Gasteiger partial charge in [0.05, 0.1) is 22.0 Å². The molecule has 56 heavy (non-hydrogen) atoms. The van der Waals surface area contributed by atoms with E-state index in [2.05, 4.69) is 10.6 Å². The summed E-state index contributed by atoms with van der Waals surface area (Å²) in [7, 11) is -8.83. The molecule has 7 N–H and O–H groups in total. The van der Waals surface area contributed by atoms with Crippen molar-refractivity contribution in [3.05, 3.63) is 87.0 Å². The highest BCUT2D eigenvalue weighted by atomic mass is 32.2. The number of hydrogen-bond acceptors (Lipinski definition) is 10. The fourth-order valence-corrected chi connectivity index (χ4v) is 8.34. The Labute approximate surface area is 328 Å².